The average Bonchev–Trinajstić information content (AvgIpc) is 2.91. The van der Waals surface area contributed by atoms with Gasteiger partial charge in [0.2, 0.25) is 11.6 Å². The van der Waals surface area contributed by atoms with E-state index in [-0.39, 0.29) is 16.4 Å². The molecule has 25 heavy (non-hydrogen) atoms. The molecule has 0 spiro atoms. The van der Waals surface area contributed by atoms with Gasteiger partial charge in [-0.05, 0) is 37.0 Å². The monoisotopic (exact) mass is 341 g/mol. The largest absolute Gasteiger partial charge is 0.353 e. The van der Waals surface area contributed by atoms with Gasteiger partial charge in [-0.15, -0.1) is 0 Å². The van der Waals surface area contributed by atoms with Crippen LogP contribution >= 0.6 is 0 Å². The van der Waals surface area contributed by atoms with Crippen LogP contribution in [0.3, 0.4) is 0 Å². The molecule has 1 aromatic heterocycles. The summed E-state index contributed by atoms with van der Waals surface area (Å²) >= 11 is 0. The molecule has 3 rings (SSSR count). The summed E-state index contributed by atoms with van der Waals surface area (Å²) in [5.74, 6) is 0.651. The number of aromatic nitrogens is 2. The van der Waals surface area contributed by atoms with Crippen molar-refractivity contribution >= 4 is 23.0 Å². The Labute approximate surface area is 147 Å². The zero-order chi connectivity index (χ0) is 17.6. The van der Waals surface area contributed by atoms with Crippen molar-refractivity contribution in [2.45, 2.75) is 39.0 Å². The average molecular weight is 341 g/mol. The Hall–Kier alpha value is -2.70. The fourth-order valence-corrected chi connectivity index (χ4v) is 3.10. The second-order valence-corrected chi connectivity index (χ2v) is 6.23. The number of anilines is 3. The highest BCUT2D eigenvalue weighted by Gasteiger charge is 2.27. The number of hydrogen-bond acceptors (Lipinski definition) is 6. The predicted octanol–water partition coefficient (Wildman–Crippen LogP) is 4.07. The van der Waals surface area contributed by atoms with Gasteiger partial charge in [-0.3, -0.25) is 10.1 Å². The SMILES string of the molecule is CCc1ccc(Nc2ncnc(N3CCCCCC3)c2[N+](=O)[O-])cc1. The summed E-state index contributed by atoms with van der Waals surface area (Å²) in [5.41, 5.74) is 1.94. The van der Waals surface area contributed by atoms with Gasteiger partial charge in [0.1, 0.15) is 6.33 Å². The molecule has 0 radical (unpaired) electrons. The number of rotatable bonds is 5. The van der Waals surface area contributed by atoms with Gasteiger partial charge in [0.25, 0.3) is 0 Å². The molecule has 0 saturated carbocycles. The van der Waals surface area contributed by atoms with Crippen LogP contribution in [0, 0.1) is 10.1 Å². The number of hydrogen-bond donors (Lipinski definition) is 1. The summed E-state index contributed by atoms with van der Waals surface area (Å²) in [6, 6.07) is 7.84. The number of benzene rings is 1. The summed E-state index contributed by atoms with van der Waals surface area (Å²) in [5, 5.41) is 14.8. The predicted molar refractivity (Wildman–Crippen MR) is 98.5 cm³/mol. The molecule has 0 aliphatic carbocycles. The van der Waals surface area contributed by atoms with E-state index in [1.54, 1.807) is 0 Å². The summed E-state index contributed by atoms with van der Waals surface area (Å²) in [7, 11) is 0. The normalized spacial score (nSPS) is 14.8. The fraction of sp³-hybridized carbons (Fsp3) is 0.444. The van der Waals surface area contributed by atoms with Crippen LogP contribution in [0.2, 0.25) is 0 Å². The first-order valence-corrected chi connectivity index (χ1v) is 8.79. The third-order valence-electron chi connectivity index (χ3n) is 4.52. The fourth-order valence-electron chi connectivity index (χ4n) is 3.10. The van der Waals surface area contributed by atoms with Crippen LogP contribution in [0.15, 0.2) is 30.6 Å². The van der Waals surface area contributed by atoms with E-state index < -0.39 is 0 Å². The van der Waals surface area contributed by atoms with Crippen LogP contribution in [-0.4, -0.2) is 28.0 Å². The maximum absolute atomic E-state index is 11.7. The zero-order valence-electron chi connectivity index (χ0n) is 14.4. The van der Waals surface area contributed by atoms with Crippen molar-refractivity contribution < 1.29 is 4.92 Å². The van der Waals surface area contributed by atoms with E-state index in [0.29, 0.717) is 5.82 Å². The number of nitro groups is 1. The minimum Gasteiger partial charge on any atom is -0.351 e. The minimum absolute atomic E-state index is 0.0519. The van der Waals surface area contributed by atoms with Gasteiger partial charge in [-0.2, -0.15) is 0 Å². The summed E-state index contributed by atoms with van der Waals surface area (Å²) in [6.07, 6.45) is 6.72. The van der Waals surface area contributed by atoms with Gasteiger partial charge in [0.15, 0.2) is 0 Å². The molecule has 1 fully saturated rings. The van der Waals surface area contributed by atoms with Crippen LogP contribution in [0.25, 0.3) is 0 Å². The Morgan fingerprint density at radius 1 is 1.12 bits per heavy atom. The van der Waals surface area contributed by atoms with Crippen LogP contribution in [-0.2, 0) is 6.42 Å². The topological polar surface area (TPSA) is 84.2 Å². The Balaban J connectivity index is 1.92. The first kappa shape index (κ1) is 17.1. The van der Waals surface area contributed by atoms with Gasteiger partial charge in [-0.1, -0.05) is 31.9 Å². The maximum atomic E-state index is 11.7. The van der Waals surface area contributed by atoms with Crippen molar-refractivity contribution in [3.05, 3.63) is 46.3 Å². The van der Waals surface area contributed by atoms with Crippen molar-refractivity contribution in [2.24, 2.45) is 0 Å². The molecule has 1 aromatic carbocycles. The quantitative estimate of drug-likeness (QED) is 0.652. The highest BCUT2D eigenvalue weighted by Crippen LogP contribution is 2.34. The zero-order valence-corrected chi connectivity index (χ0v) is 14.4. The van der Waals surface area contributed by atoms with Crippen molar-refractivity contribution in [3.63, 3.8) is 0 Å². The lowest BCUT2D eigenvalue weighted by Crippen LogP contribution is -2.26. The van der Waals surface area contributed by atoms with Crippen molar-refractivity contribution in [1.29, 1.82) is 0 Å². The third-order valence-corrected chi connectivity index (χ3v) is 4.52. The minimum atomic E-state index is -0.386. The molecule has 2 aromatic rings. The summed E-state index contributed by atoms with van der Waals surface area (Å²) in [6.45, 7) is 3.68. The molecule has 7 heteroatoms. The first-order chi connectivity index (χ1) is 12.2. The van der Waals surface area contributed by atoms with Gasteiger partial charge >= 0.3 is 5.69 Å². The van der Waals surface area contributed by atoms with Gasteiger partial charge in [0, 0.05) is 18.8 Å². The van der Waals surface area contributed by atoms with Crippen molar-refractivity contribution in [2.75, 3.05) is 23.3 Å². The smallest absolute Gasteiger partial charge is 0.351 e. The lowest BCUT2D eigenvalue weighted by Gasteiger charge is -2.21. The molecule has 0 atom stereocenters. The van der Waals surface area contributed by atoms with Gasteiger partial charge in [-0.25, -0.2) is 9.97 Å². The molecule has 7 nitrogen and oxygen atoms in total. The molecule has 2 heterocycles. The molecular formula is C18H23N5O2. The Morgan fingerprint density at radius 3 is 2.40 bits per heavy atom. The second-order valence-electron chi connectivity index (χ2n) is 6.23. The third kappa shape index (κ3) is 4.04. The molecular weight excluding hydrogens is 318 g/mol. The van der Waals surface area contributed by atoms with E-state index in [1.165, 1.54) is 11.9 Å². The van der Waals surface area contributed by atoms with Crippen LogP contribution < -0.4 is 10.2 Å². The van der Waals surface area contributed by atoms with Crippen LogP contribution in [0.4, 0.5) is 23.0 Å². The van der Waals surface area contributed by atoms with Gasteiger partial charge in [0.05, 0.1) is 4.92 Å². The lowest BCUT2D eigenvalue weighted by atomic mass is 10.1. The Kier molecular flexibility index (Phi) is 5.42. The second kappa shape index (κ2) is 7.92. The highest BCUT2D eigenvalue weighted by atomic mass is 16.6. The van der Waals surface area contributed by atoms with E-state index in [2.05, 4.69) is 22.2 Å². The Bertz CT molecular complexity index is 725. The molecule has 1 N–H and O–H groups in total. The van der Waals surface area contributed by atoms with E-state index in [1.807, 2.05) is 29.2 Å². The first-order valence-electron chi connectivity index (χ1n) is 8.79. The molecule has 0 unspecified atom stereocenters. The lowest BCUT2D eigenvalue weighted by molar-refractivity contribution is -0.383. The van der Waals surface area contributed by atoms with E-state index in [0.717, 1.165) is 50.9 Å². The molecule has 1 aliphatic rings. The molecule has 1 saturated heterocycles. The van der Waals surface area contributed by atoms with Crippen molar-refractivity contribution in [3.8, 4) is 0 Å². The van der Waals surface area contributed by atoms with E-state index >= 15 is 0 Å². The van der Waals surface area contributed by atoms with Gasteiger partial charge < -0.3 is 10.2 Å². The summed E-state index contributed by atoms with van der Waals surface area (Å²) < 4.78 is 0. The van der Waals surface area contributed by atoms with Crippen molar-refractivity contribution in [1.82, 2.24) is 9.97 Å². The summed E-state index contributed by atoms with van der Waals surface area (Å²) in [4.78, 5) is 21.7. The van der Waals surface area contributed by atoms with E-state index in [9.17, 15) is 10.1 Å². The number of nitrogens with zero attached hydrogens (tertiary/aromatic N) is 4. The van der Waals surface area contributed by atoms with Crippen LogP contribution in [0.1, 0.15) is 38.2 Å². The maximum Gasteiger partial charge on any atom is 0.353 e. The Morgan fingerprint density at radius 2 is 1.80 bits per heavy atom. The molecule has 1 aliphatic heterocycles. The van der Waals surface area contributed by atoms with Crippen LogP contribution in [0.5, 0.6) is 0 Å². The van der Waals surface area contributed by atoms with E-state index in [4.69, 9.17) is 0 Å². The highest BCUT2D eigenvalue weighted by molar-refractivity contribution is 5.74. The molecule has 132 valence electrons. The number of nitrogens with one attached hydrogen (secondary N) is 1. The molecule has 0 amide bonds. The standard InChI is InChI=1S/C18H23N5O2/c1-2-14-7-9-15(10-8-14)21-17-16(23(24)25)18(20-13-19-17)22-11-5-3-4-6-12-22/h7-10,13H,2-6,11-12H2,1H3,(H,19,20,21). The molecule has 0 bridgehead atoms. The number of aryl methyl sites for hydroxylation is 1.